The van der Waals surface area contributed by atoms with Crippen molar-refractivity contribution >= 4 is 27.7 Å². The van der Waals surface area contributed by atoms with E-state index in [1.165, 1.54) is 0 Å². The van der Waals surface area contributed by atoms with Gasteiger partial charge in [0.1, 0.15) is 22.8 Å². The van der Waals surface area contributed by atoms with Crippen molar-refractivity contribution in [1.82, 2.24) is 15.3 Å². The van der Waals surface area contributed by atoms with Gasteiger partial charge in [0.05, 0.1) is 14.2 Å². The number of phenols is 1. The molecular formula is C30H29N3O4. The predicted molar refractivity (Wildman–Crippen MR) is 144 cm³/mol. The fourth-order valence-electron chi connectivity index (χ4n) is 4.76. The highest BCUT2D eigenvalue weighted by Crippen LogP contribution is 2.38. The molecular weight excluding hydrogens is 466 g/mol. The van der Waals surface area contributed by atoms with Gasteiger partial charge < -0.3 is 24.9 Å². The van der Waals surface area contributed by atoms with E-state index in [9.17, 15) is 9.90 Å². The topological polar surface area (TPSA) is 96.5 Å². The van der Waals surface area contributed by atoms with Crippen LogP contribution < -0.4 is 14.8 Å². The molecule has 3 N–H and O–H groups in total. The standard InChI is InChI=1S/C30H29N3O4/c1-36-22-8-5-19(6-9-22)25(24-11-7-20-4-3-14-32-29(20)30(24)35)17-28(34)31-15-13-21-18-33-27-12-10-23(37-2)16-26(21)27/h3-12,14,16,18,25,33,35H,13,15,17H2,1-2H3,(H,31,34). The lowest BCUT2D eigenvalue weighted by atomic mass is 9.87. The van der Waals surface area contributed by atoms with E-state index in [1.54, 1.807) is 20.4 Å². The van der Waals surface area contributed by atoms with E-state index < -0.39 is 0 Å². The number of ether oxygens (including phenoxy) is 2. The van der Waals surface area contributed by atoms with Crippen LogP contribution in [0.1, 0.15) is 29.0 Å². The summed E-state index contributed by atoms with van der Waals surface area (Å²) in [6, 6.07) is 21.0. The number of carbonyl (C=O) groups is 1. The molecule has 1 atom stereocenters. The Bertz CT molecular complexity index is 1540. The van der Waals surface area contributed by atoms with E-state index in [-0.39, 0.29) is 24.0 Å². The van der Waals surface area contributed by atoms with Gasteiger partial charge in [0.15, 0.2) is 0 Å². The van der Waals surface area contributed by atoms with Gasteiger partial charge in [0.25, 0.3) is 0 Å². The minimum Gasteiger partial charge on any atom is -0.505 e. The SMILES string of the molecule is COc1ccc(C(CC(=O)NCCc2c[nH]c3ccc(OC)cc23)c2ccc3cccnc3c2O)cc1. The van der Waals surface area contributed by atoms with E-state index in [1.807, 2.05) is 72.9 Å². The fourth-order valence-corrected chi connectivity index (χ4v) is 4.76. The van der Waals surface area contributed by atoms with Crippen molar-refractivity contribution in [3.8, 4) is 17.2 Å². The van der Waals surface area contributed by atoms with Gasteiger partial charge in [-0.15, -0.1) is 0 Å². The molecule has 1 amide bonds. The van der Waals surface area contributed by atoms with Crippen LogP contribution >= 0.6 is 0 Å². The molecule has 0 aliphatic heterocycles. The van der Waals surface area contributed by atoms with Gasteiger partial charge in [0, 0.05) is 53.1 Å². The maximum absolute atomic E-state index is 13.1. The summed E-state index contributed by atoms with van der Waals surface area (Å²) in [7, 11) is 3.26. The molecule has 5 aromatic rings. The number of amides is 1. The van der Waals surface area contributed by atoms with Crippen molar-refractivity contribution in [1.29, 1.82) is 0 Å². The summed E-state index contributed by atoms with van der Waals surface area (Å²) >= 11 is 0. The molecule has 3 aromatic carbocycles. The second-order valence-electron chi connectivity index (χ2n) is 8.93. The minimum absolute atomic E-state index is 0.0967. The van der Waals surface area contributed by atoms with Gasteiger partial charge in [-0.05, 0) is 53.9 Å². The first-order valence-electron chi connectivity index (χ1n) is 12.2. The molecule has 0 radical (unpaired) electrons. The molecule has 7 heteroatoms. The van der Waals surface area contributed by atoms with Crippen molar-refractivity contribution in [3.63, 3.8) is 0 Å². The zero-order valence-corrected chi connectivity index (χ0v) is 20.8. The Labute approximate surface area is 215 Å². The second-order valence-corrected chi connectivity index (χ2v) is 8.93. The average Bonchev–Trinajstić information content (AvgIpc) is 3.34. The lowest BCUT2D eigenvalue weighted by Gasteiger charge is -2.20. The number of pyridine rings is 1. The second kappa shape index (κ2) is 10.6. The molecule has 7 nitrogen and oxygen atoms in total. The Balaban J connectivity index is 1.35. The van der Waals surface area contributed by atoms with Crippen LogP contribution in [0.15, 0.2) is 79.1 Å². The van der Waals surface area contributed by atoms with Gasteiger partial charge in [-0.1, -0.05) is 30.3 Å². The van der Waals surface area contributed by atoms with Crippen LogP contribution in [-0.4, -0.2) is 41.7 Å². The van der Waals surface area contributed by atoms with Crippen LogP contribution in [0.4, 0.5) is 0 Å². The molecule has 0 spiro atoms. The first kappa shape index (κ1) is 24.2. The Morgan fingerprint density at radius 1 is 1.03 bits per heavy atom. The molecule has 188 valence electrons. The summed E-state index contributed by atoms with van der Waals surface area (Å²) in [4.78, 5) is 20.8. The number of aromatic hydroxyl groups is 1. The van der Waals surface area contributed by atoms with E-state index in [0.29, 0.717) is 24.0 Å². The quantitative estimate of drug-likeness (QED) is 0.257. The number of nitrogens with one attached hydrogen (secondary N) is 2. The van der Waals surface area contributed by atoms with Crippen LogP contribution in [0.3, 0.4) is 0 Å². The lowest BCUT2D eigenvalue weighted by Crippen LogP contribution is -2.27. The van der Waals surface area contributed by atoms with Crippen molar-refractivity contribution in [2.24, 2.45) is 0 Å². The maximum atomic E-state index is 13.1. The van der Waals surface area contributed by atoms with E-state index >= 15 is 0 Å². The smallest absolute Gasteiger partial charge is 0.220 e. The zero-order chi connectivity index (χ0) is 25.8. The zero-order valence-electron chi connectivity index (χ0n) is 20.8. The molecule has 5 rings (SSSR count). The van der Waals surface area contributed by atoms with Gasteiger partial charge in [-0.2, -0.15) is 0 Å². The number of fused-ring (bicyclic) bond motifs is 2. The average molecular weight is 496 g/mol. The lowest BCUT2D eigenvalue weighted by molar-refractivity contribution is -0.121. The Hall–Kier alpha value is -4.52. The van der Waals surface area contributed by atoms with Gasteiger partial charge in [-0.3, -0.25) is 9.78 Å². The summed E-state index contributed by atoms with van der Waals surface area (Å²) in [5.41, 5.74) is 4.23. The first-order chi connectivity index (χ1) is 18.1. The third-order valence-electron chi connectivity index (χ3n) is 6.75. The summed E-state index contributed by atoms with van der Waals surface area (Å²) in [5, 5.41) is 16.1. The number of phenolic OH excluding ortho intramolecular Hbond substituents is 1. The third kappa shape index (κ3) is 5.07. The number of aromatic nitrogens is 2. The Morgan fingerprint density at radius 2 is 1.81 bits per heavy atom. The number of benzene rings is 3. The molecule has 37 heavy (non-hydrogen) atoms. The Kier molecular flexibility index (Phi) is 6.94. The summed E-state index contributed by atoms with van der Waals surface area (Å²) in [5.74, 6) is 1.17. The molecule has 0 aliphatic rings. The van der Waals surface area contributed by atoms with Crippen LogP contribution in [-0.2, 0) is 11.2 Å². The first-order valence-corrected chi connectivity index (χ1v) is 12.2. The molecule has 0 aliphatic carbocycles. The number of hydrogen-bond acceptors (Lipinski definition) is 5. The van der Waals surface area contributed by atoms with Crippen LogP contribution in [0, 0.1) is 0 Å². The van der Waals surface area contributed by atoms with Crippen molar-refractivity contribution in [3.05, 3.63) is 95.8 Å². The number of H-pyrrole nitrogens is 1. The number of methoxy groups -OCH3 is 2. The van der Waals surface area contributed by atoms with Crippen LogP contribution in [0.2, 0.25) is 0 Å². The Morgan fingerprint density at radius 3 is 2.59 bits per heavy atom. The number of carbonyl (C=O) groups excluding carboxylic acids is 1. The molecule has 0 saturated heterocycles. The minimum atomic E-state index is -0.352. The van der Waals surface area contributed by atoms with Crippen molar-refractivity contribution in [2.45, 2.75) is 18.8 Å². The monoisotopic (exact) mass is 495 g/mol. The molecule has 1 unspecified atom stereocenters. The molecule has 0 fully saturated rings. The van der Waals surface area contributed by atoms with Crippen molar-refractivity contribution in [2.75, 3.05) is 20.8 Å². The molecule has 2 aromatic heterocycles. The highest BCUT2D eigenvalue weighted by Gasteiger charge is 2.23. The number of hydrogen-bond donors (Lipinski definition) is 3. The number of rotatable bonds is 9. The van der Waals surface area contributed by atoms with Gasteiger partial charge in [-0.25, -0.2) is 0 Å². The van der Waals surface area contributed by atoms with Crippen molar-refractivity contribution < 1.29 is 19.4 Å². The van der Waals surface area contributed by atoms with E-state index in [0.717, 1.165) is 38.9 Å². The summed E-state index contributed by atoms with van der Waals surface area (Å²) < 4.78 is 10.7. The summed E-state index contributed by atoms with van der Waals surface area (Å²) in [6.07, 6.45) is 4.48. The molecule has 0 saturated carbocycles. The number of nitrogens with zero attached hydrogens (tertiary/aromatic N) is 1. The molecule has 2 heterocycles. The van der Waals surface area contributed by atoms with E-state index in [4.69, 9.17) is 9.47 Å². The fraction of sp³-hybridized carbons (Fsp3) is 0.200. The normalized spacial score (nSPS) is 11.9. The van der Waals surface area contributed by atoms with Gasteiger partial charge in [0.2, 0.25) is 5.91 Å². The van der Waals surface area contributed by atoms with Crippen LogP contribution in [0.25, 0.3) is 21.8 Å². The van der Waals surface area contributed by atoms with Gasteiger partial charge >= 0.3 is 0 Å². The highest BCUT2D eigenvalue weighted by atomic mass is 16.5. The third-order valence-corrected chi connectivity index (χ3v) is 6.75. The van der Waals surface area contributed by atoms with E-state index in [2.05, 4.69) is 15.3 Å². The maximum Gasteiger partial charge on any atom is 0.220 e. The highest BCUT2D eigenvalue weighted by molar-refractivity contribution is 5.87. The van der Waals surface area contributed by atoms with Crippen LogP contribution in [0.5, 0.6) is 17.2 Å². The summed E-state index contributed by atoms with van der Waals surface area (Å²) in [6.45, 7) is 0.490. The largest absolute Gasteiger partial charge is 0.505 e. The molecule has 0 bridgehead atoms. The predicted octanol–water partition coefficient (Wildman–Crippen LogP) is 5.32. The number of aromatic amines is 1.